The van der Waals surface area contributed by atoms with Crippen molar-refractivity contribution in [1.29, 1.82) is 0 Å². The lowest BCUT2D eigenvalue weighted by Crippen LogP contribution is -2.30. The Kier molecular flexibility index (Phi) is 5.70. The van der Waals surface area contributed by atoms with Gasteiger partial charge in [0.15, 0.2) is 11.5 Å². The number of pyridine rings is 1. The molecular weight excluding hydrogens is 392 g/mol. The third-order valence-corrected chi connectivity index (χ3v) is 7.30. The number of hydrogen-bond donors (Lipinski definition) is 1. The molecule has 148 valence electrons. The third kappa shape index (κ3) is 3.94. The van der Waals surface area contributed by atoms with Gasteiger partial charge in [0.1, 0.15) is 0 Å². The normalized spacial score (nSPS) is 15.5. The molecule has 1 aliphatic rings. The van der Waals surface area contributed by atoms with E-state index in [-0.39, 0.29) is 0 Å². The minimum absolute atomic E-state index is 0.330. The Morgan fingerprint density at radius 2 is 1.96 bits per heavy atom. The maximum absolute atomic E-state index is 13.1. The average Bonchev–Trinajstić information content (AvgIpc) is 3.15. The molecule has 2 heterocycles. The zero-order chi connectivity index (χ0) is 19.6. The monoisotopic (exact) mass is 416 g/mol. The number of rotatable bonds is 7. The third-order valence-electron chi connectivity index (χ3n) is 5.19. The SMILES string of the molecule is CSCC[C@H](NS(=O)(=O)c1ccc2c(c1)CCCC2)c1nnc2ccccn12. The standard InChI is InChI=1S/C20H24N4O2S2/c1-27-13-11-18(20-22-21-19-8-4-5-12-24(19)20)23-28(25,26)17-10-9-15-6-2-3-7-16(15)14-17/h4-5,8-10,12,14,18,23H,2-3,6-7,11,13H2,1H3/t18-/m0/s1. The van der Waals surface area contributed by atoms with Crippen LogP contribution in [-0.2, 0) is 22.9 Å². The predicted molar refractivity (Wildman–Crippen MR) is 112 cm³/mol. The van der Waals surface area contributed by atoms with Gasteiger partial charge in [0.05, 0.1) is 10.9 Å². The molecule has 4 rings (SSSR count). The van der Waals surface area contributed by atoms with Crippen molar-refractivity contribution in [3.05, 3.63) is 59.5 Å². The van der Waals surface area contributed by atoms with Gasteiger partial charge in [-0.1, -0.05) is 12.1 Å². The molecule has 0 saturated heterocycles. The lowest BCUT2D eigenvalue weighted by atomic mass is 9.92. The van der Waals surface area contributed by atoms with E-state index in [1.54, 1.807) is 17.8 Å². The maximum Gasteiger partial charge on any atom is 0.241 e. The number of nitrogens with zero attached hydrogens (tertiary/aromatic N) is 3. The summed E-state index contributed by atoms with van der Waals surface area (Å²) in [4.78, 5) is 0.330. The maximum atomic E-state index is 13.1. The molecule has 0 unspecified atom stereocenters. The lowest BCUT2D eigenvalue weighted by molar-refractivity contribution is 0.536. The zero-order valence-electron chi connectivity index (χ0n) is 15.8. The molecule has 0 spiro atoms. The van der Waals surface area contributed by atoms with Gasteiger partial charge in [-0.3, -0.25) is 4.40 Å². The minimum Gasteiger partial charge on any atom is -0.285 e. The molecule has 1 aromatic carbocycles. The van der Waals surface area contributed by atoms with E-state index in [2.05, 4.69) is 14.9 Å². The summed E-state index contributed by atoms with van der Waals surface area (Å²) in [6.45, 7) is 0. The van der Waals surface area contributed by atoms with Crippen molar-refractivity contribution in [3.8, 4) is 0 Å². The number of hydrogen-bond acceptors (Lipinski definition) is 5. The predicted octanol–water partition coefficient (Wildman–Crippen LogP) is 3.38. The molecule has 1 aliphatic carbocycles. The molecule has 2 aromatic heterocycles. The summed E-state index contributed by atoms with van der Waals surface area (Å²) in [6.07, 6.45) is 8.79. The lowest BCUT2D eigenvalue weighted by Gasteiger charge is -2.19. The first-order valence-electron chi connectivity index (χ1n) is 9.51. The highest BCUT2D eigenvalue weighted by Crippen LogP contribution is 2.26. The Labute approximate surface area is 169 Å². The van der Waals surface area contributed by atoms with Crippen LogP contribution in [0.4, 0.5) is 0 Å². The van der Waals surface area contributed by atoms with Gasteiger partial charge in [-0.15, -0.1) is 10.2 Å². The fraction of sp³-hybridized carbons (Fsp3) is 0.400. The molecular formula is C20H24N4O2S2. The first-order valence-corrected chi connectivity index (χ1v) is 12.4. The summed E-state index contributed by atoms with van der Waals surface area (Å²) in [7, 11) is -3.66. The molecule has 8 heteroatoms. The molecule has 28 heavy (non-hydrogen) atoms. The fourth-order valence-corrected chi connectivity index (χ4v) is 5.46. The largest absolute Gasteiger partial charge is 0.285 e. The summed E-state index contributed by atoms with van der Waals surface area (Å²) in [5, 5.41) is 8.45. The highest BCUT2D eigenvalue weighted by atomic mass is 32.2. The first-order chi connectivity index (χ1) is 13.6. The Morgan fingerprint density at radius 1 is 1.14 bits per heavy atom. The van der Waals surface area contributed by atoms with Crippen molar-refractivity contribution in [2.45, 2.75) is 43.0 Å². The van der Waals surface area contributed by atoms with E-state index in [0.29, 0.717) is 22.8 Å². The summed E-state index contributed by atoms with van der Waals surface area (Å²) in [5.74, 6) is 1.44. The van der Waals surface area contributed by atoms with Crippen molar-refractivity contribution in [2.24, 2.45) is 0 Å². The average molecular weight is 417 g/mol. The van der Waals surface area contributed by atoms with E-state index in [9.17, 15) is 8.42 Å². The van der Waals surface area contributed by atoms with Crippen LogP contribution in [-0.4, -0.2) is 35.0 Å². The van der Waals surface area contributed by atoms with E-state index in [0.717, 1.165) is 30.6 Å². The Hall–Kier alpha value is -1.90. The van der Waals surface area contributed by atoms with E-state index in [1.807, 2.05) is 47.2 Å². The topological polar surface area (TPSA) is 76.4 Å². The van der Waals surface area contributed by atoms with Crippen molar-refractivity contribution in [3.63, 3.8) is 0 Å². The number of fused-ring (bicyclic) bond motifs is 2. The van der Waals surface area contributed by atoms with Crippen LogP contribution in [0.5, 0.6) is 0 Å². The molecule has 0 amide bonds. The van der Waals surface area contributed by atoms with Gasteiger partial charge in [-0.05, 0) is 79.5 Å². The molecule has 0 saturated carbocycles. The summed E-state index contributed by atoms with van der Waals surface area (Å²) in [5.41, 5.74) is 3.13. The van der Waals surface area contributed by atoms with Crippen molar-refractivity contribution < 1.29 is 8.42 Å². The smallest absolute Gasteiger partial charge is 0.241 e. The van der Waals surface area contributed by atoms with E-state index in [1.165, 1.54) is 12.0 Å². The molecule has 6 nitrogen and oxygen atoms in total. The number of sulfonamides is 1. The van der Waals surface area contributed by atoms with Crippen LogP contribution in [0.2, 0.25) is 0 Å². The highest BCUT2D eigenvalue weighted by molar-refractivity contribution is 7.98. The number of aryl methyl sites for hydroxylation is 2. The fourth-order valence-electron chi connectivity index (χ4n) is 3.71. The van der Waals surface area contributed by atoms with Crippen molar-refractivity contribution in [2.75, 3.05) is 12.0 Å². The van der Waals surface area contributed by atoms with E-state index in [4.69, 9.17) is 0 Å². The number of benzene rings is 1. The molecule has 0 radical (unpaired) electrons. The molecule has 1 N–H and O–H groups in total. The Morgan fingerprint density at radius 3 is 2.79 bits per heavy atom. The van der Waals surface area contributed by atoms with Gasteiger partial charge in [0, 0.05) is 6.20 Å². The first kappa shape index (κ1) is 19.4. The highest BCUT2D eigenvalue weighted by Gasteiger charge is 2.26. The van der Waals surface area contributed by atoms with Crippen LogP contribution in [0, 0.1) is 0 Å². The number of nitrogens with one attached hydrogen (secondary N) is 1. The number of aromatic nitrogens is 3. The van der Waals surface area contributed by atoms with Crippen LogP contribution in [0.25, 0.3) is 5.65 Å². The summed E-state index contributed by atoms with van der Waals surface area (Å²) < 4.78 is 31.0. The van der Waals surface area contributed by atoms with E-state index < -0.39 is 16.1 Å². The van der Waals surface area contributed by atoms with Crippen LogP contribution in [0.15, 0.2) is 47.5 Å². The van der Waals surface area contributed by atoms with Gasteiger partial charge in [0.25, 0.3) is 0 Å². The van der Waals surface area contributed by atoms with E-state index >= 15 is 0 Å². The number of thioether (sulfide) groups is 1. The van der Waals surface area contributed by atoms with Crippen LogP contribution >= 0.6 is 11.8 Å². The van der Waals surface area contributed by atoms with Gasteiger partial charge in [-0.2, -0.15) is 11.8 Å². The summed E-state index contributed by atoms with van der Waals surface area (Å²) in [6, 6.07) is 10.7. The molecule has 3 aromatic rings. The van der Waals surface area contributed by atoms with Gasteiger partial charge >= 0.3 is 0 Å². The van der Waals surface area contributed by atoms with Crippen LogP contribution in [0.1, 0.15) is 42.3 Å². The van der Waals surface area contributed by atoms with Crippen molar-refractivity contribution >= 4 is 27.4 Å². The zero-order valence-corrected chi connectivity index (χ0v) is 17.5. The van der Waals surface area contributed by atoms with Gasteiger partial charge < -0.3 is 0 Å². The summed E-state index contributed by atoms with van der Waals surface area (Å²) >= 11 is 1.68. The molecule has 1 atom stereocenters. The molecule has 0 fully saturated rings. The second kappa shape index (κ2) is 8.23. The second-order valence-corrected chi connectivity index (χ2v) is 9.78. The van der Waals surface area contributed by atoms with Crippen LogP contribution < -0.4 is 4.72 Å². The van der Waals surface area contributed by atoms with Crippen molar-refractivity contribution in [1.82, 2.24) is 19.3 Å². The second-order valence-electron chi connectivity index (χ2n) is 7.08. The minimum atomic E-state index is -3.66. The van der Waals surface area contributed by atoms with Gasteiger partial charge in [0.2, 0.25) is 10.0 Å². The Balaban J connectivity index is 1.66. The van der Waals surface area contributed by atoms with Crippen LogP contribution in [0.3, 0.4) is 0 Å². The molecule has 0 aliphatic heterocycles. The Bertz CT molecular complexity index is 1080. The van der Waals surface area contributed by atoms with Gasteiger partial charge in [-0.25, -0.2) is 13.1 Å². The quantitative estimate of drug-likeness (QED) is 0.639. The molecule has 0 bridgehead atoms.